The Bertz CT molecular complexity index is 1100. The summed E-state index contributed by atoms with van der Waals surface area (Å²) < 4.78 is 45.8. The number of hydrogen-bond acceptors (Lipinski definition) is 6. The Morgan fingerprint density at radius 1 is 1.14 bits per heavy atom. The van der Waals surface area contributed by atoms with Crippen LogP contribution in [0.3, 0.4) is 0 Å². The monoisotopic (exact) mass is 435 g/mol. The van der Waals surface area contributed by atoms with Gasteiger partial charge in [-0.25, -0.2) is 12.8 Å². The first-order chi connectivity index (χ1) is 13.8. The van der Waals surface area contributed by atoms with Gasteiger partial charge >= 0.3 is 0 Å². The zero-order chi connectivity index (χ0) is 20.6. The molecule has 154 valence electrons. The van der Waals surface area contributed by atoms with Crippen molar-refractivity contribution in [3.63, 3.8) is 0 Å². The molecule has 0 aliphatic carbocycles. The number of nitrogens with zero attached hydrogens (tertiary/aromatic N) is 3. The second-order valence-electron chi connectivity index (χ2n) is 7.11. The molecule has 0 N–H and O–H groups in total. The van der Waals surface area contributed by atoms with E-state index >= 15 is 0 Å². The maximum Gasteiger partial charge on any atom is 0.248 e. The largest absolute Gasteiger partial charge is 0.360 e. The standard InChI is InChI=1S/C20H22FN3O3S2/c1-14-20(15(2)27-22-14)29(25,26)24-10-8-23(9-11-24)13-18-6-7-19(28-18)16-4-3-5-17(21)12-16/h3-7,12H,8-11,13H2,1-2H3. The van der Waals surface area contributed by atoms with Gasteiger partial charge in [0.05, 0.1) is 0 Å². The van der Waals surface area contributed by atoms with Gasteiger partial charge in [-0.2, -0.15) is 4.31 Å². The molecule has 0 unspecified atom stereocenters. The summed E-state index contributed by atoms with van der Waals surface area (Å²) in [7, 11) is -3.59. The Balaban J connectivity index is 1.40. The molecule has 0 amide bonds. The molecule has 1 fully saturated rings. The number of halogens is 1. The fraction of sp³-hybridized carbons (Fsp3) is 0.350. The van der Waals surface area contributed by atoms with E-state index in [1.165, 1.54) is 21.3 Å². The normalized spacial score (nSPS) is 16.4. The van der Waals surface area contributed by atoms with E-state index in [-0.39, 0.29) is 10.7 Å². The number of rotatable bonds is 5. The summed E-state index contributed by atoms with van der Waals surface area (Å²) in [4.78, 5) is 4.62. The molecule has 0 atom stereocenters. The third kappa shape index (κ3) is 4.13. The fourth-order valence-electron chi connectivity index (χ4n) is 3.58. The van der Waals surface area contributed by atoms with Crippen LogP contribution in [0.5, 0.6) is 0 Å². The van der Waals surface area contributed by atoms with Crippen LogP contribution in [-0.4, -0.2) is 49.0 Å². The highest BCUT2D eigenvalue weighted by atomic mass is 32.2. The first kappa shape index (κ1) is 20.2. The highest BCUT2D eigenvalue weighted by Gasteiger charge is 2.33. The van der Waals surface area contributed by atoms with Crippen LogP contribution in [0.1, 0.15) is 16.3 Å². The van der Waals surface area contributed by atoms with E-state index in [2.05, 4.69) is 16.1 Å². The SMILES string of the molecule is Cc1noc(C)c1S(=O)(=O)N1CCN(Cc2ccc(-c3cccc(F)c3)s2)CC1. The van der Waals surface area contributed by atoms with E-state index in [4.69, 9.17) is 4.52 Å². The Labute approximate surface area is 173 Å². The van der Waals surface area contributed by atoms with Crippen molar-refractivity contribution in [3.05, 3.63) is 58.5 Å². The predicted octanol–water partition coefficient (Wildman–Crippen LogP) is 3.67. The minimum Gasteiger partial charge on any atom is -0.360 e. The molecule has 4 rings (SSSR count). The number of sulfonamides is 1. The van der Waals surface area contributed by atoms with Gasteiger partial charge in [0.25, 0.3) is 0 Å². The van der Waals surface area contributed by atoms with Gasteiger partial charge in [-0.1, -0.05) is 17.3 Å². The molecule has 1 aliphatic rings. The smallest absolute Gasteiger partial charge is 0.248 e. The lowest BCUT2D eigenvalue weighted by molar-refractivity contribution is 0.183. The van der Waals surface area contributed by atoms with E-state index in [9.17, 15) is 12.8 Å². The summed E-state index contributed by atoms with van der Waals surface area (Å²) in [5.41, 5.74) is 1.27. The summed E-state index contributed by atoms with van der Waals surface area (Å²) in [6, 6.07) is 10.6. The van der Waals surface area contributed by atoms with Crippen molar-refractivity contribution in [2.24, 2.45) is 0 Å². The molecule has 9 heteroatoms. The van der Waals surface area contributed by atoms with Crippen LogP contribution in [0.25, 0.3) is 10.4 Å². The van der Waals surface area contributed by atoms with Gasteiger partial charge in [0.15, 0.2) is 5.76 Å². The van der Waals surface area contributed by atoms with E-state index in [1.807, 2.05) is 12.1 Å². The summed E-state index contributed by atoms with van der Waals surface area (Å²) in [5, 5.41) is 3.77. The van der Waals surface area contributed by atoms with E-state index in [0.717, 1.165) is 17.0 Å². The van der Waals surface area contributed by atoms with Gasteiger partial charge in [-0.05, 0) is 43.7 Å². The summed E-state index contributed by atoms with van der Waals surface area (Å²) in [6.07, 6.45) is 0. The number of thiophene rings is 1. The lowest BCUT2D eigenvalue weighted by atomic mass is 10.2. The topological polar surface area (TPSA) is 66.7 Å². The van der Waals surface area contributed by atoms with Gasteiger partial charge in [0.1, 0.15) is 16.4 Å². The molecule has 0 bridgehead atoms. The van der Waals surface area contributed by atoms with Crippen molar-refractivity contribution >= 4 is 21.4 Å². The zero-order valence-electron chi connectivity index (χ0n) is 16.3. The van der Waals surface area contributed by atoms with Crippen LogP contribution in [-0.2, 0) is 16.6 Å². The molecule has 1 aliphatic heterocycles. The zero-order valence-corrected chi connectivity index (χ0v) is 17.9. The van der Waals surface area contributed by atoms with Gasteiger partial charge in [-0.15, -0.1) is 11.3 Å². The number of hydrogen-bond donors (Lipinski definition) is 0. The molecule has 1 saturated heterocycles. The van der Waals surface area contributed by atoms with Crippen LogP contribution < -0.4 is 0 Å². The second kappa shape index (κ2) is 7.98. The van der Waals surface area contributed by atoms with E-state index in [0.29, 0.717) is 37.6 Å². The molecule has 2 aromatic heterocycles. The highest BCUT2D eigenvalue weighted by Crippen LogP contribution is 2.30. The first-order valence-electron chi connectivity index (χ1n) is 9.34. The van der Waals surface area contributed by atoms with Gasteiger partial charge in [0, 0.05) is 42.5 Å². The Hall–Kier alpha value is -2.07. The van der Waals surface area contributed by atoms with Crippen LogP contribution in [0.2, 0.25) is 0 Å². The van der Waals surface area contributed by atoms with Crippen molar-refractivity contribution < 1.29 is 17.3 Å². The van der Waals surface area contributed by atoms with Crippen LogP contribution >= 0.6 is 11.3 Å². The third-order valence-corrected chi connectivity index (χ3v) is 8.31. The number of benzene rings is 1. The molecule has 1 aromatic carbocycles. The van der Waals surface area contributed by atoms with Crippen molar-refractivity contribution in [2.45, 2.75) is 25.3 Å². The van der Waals surface area contributed by atoms with Gasteiger partial charge in [0.2, 0.25) is 10.0 Å². The molecule has 29 heavy (non-hydrogen) atoms. The van der Waals surface area contributed by atoms with Crippen LogP contribution in [0, 0.1) is 19.7 Å². The molecular weight excluding hydrogens is 413 g/mol. The molecule has 0 saturated carbocycles. The maximum absolute atomic E-state index is 13.4. The fourth-order valence-corrected chi connectivity index (χ4v) is 6.34. The van der Waals surface area contributed by atoms with Crippen LogP contribution in [0.4, 0.5) is 4.39 Å². The molecular formula is C20H22FN3O3S2. The average molecular weight is 436 g/mol. The Kier molecular flexibility index (Phi) is 5.56. The molecule has 3 heterocycles. The minimum atomic E-state index is -3.59. The van der Waals surface area contributed by atoms with E-state index in [1.54, 1.807) is 31.3 Å². The summed E-state index contributed by atoms with van der Waals surface area (Å²) >= 11 is 1.64. The summed E-state index contributed by atoms with van der Waals surface area (Å²) in [6.45, 7) is 6.16. The second-order valence-corrected chi connectivity index (χ2v) is 10.2. The lowest BCUT2D eigenvalue weighted by Gasteiger charge is -2.33. The number of aromatic nitrogens is 1. The van der Waals surface area contributed by atoms with Gasteiger partial charge in [-0.3, -0.25) is 4.90 Å². The molecule has 0 radical (unpaired) electrons. The van der Waals surface area contributed by atoms with Crippen molar-refractivity contribution in [1.82, 2.24) is 14.4 Å². The Morgan fingerprint density at radius 2 is 1.90 bits per heavy atom. The molecule has 6 nitrogen and oxygen atoms in total. The lowest BCUT2D eigenvalue weighted by Crippen LogP contribution is -2.48. The first-order valence-corrected chi connectivity index (χ1v) is 11.6. The Morgan fingerprint density at radius 3 is 2.55 bits per heavy atom. The average Bonchev–Trinajstić information content (AvgIpc) is 3.29. The maximum atomic E-state index is 13.4. The molecule has 3 aromatic rings. The predicted molar refractivity (Wildman–Crippen MR) is 110 cm³/mol. The molecule has 0 spiro atoms. The van der Waals surface area contributed by atoms with Crippen molar-refractivity contribution in [3.8, 4) is 10.4 Å². The summed E-state index contributed by atoms with van der Waals surface area (Å²) in [5.74, 6) is 0.0847. The number of piperazine rings is 1. The quantitative estimate of drug-likeness (QED) is 0.612. The highest BCUT2D eigenvalue weighted by molar-refractivity contribution is 7.89. The third-order valence-electron chi connectivity index (χ3n) is 5.05. The van der Waals surface area contributed by atoms with Crippen molar-refractivity contribution in [1.29, 1.82) is 0 Å². The van der Waals surface area contributed by atoms with Crippen LogP contribution in [0.15, 0.2) is 45.8 Å². The van der Waals surface area contributed by atoms with Crippen molar-refractivity contribution in [2.75, 3.05) is 26.2 Å². The number of aryl methyl sites for hydroxylation is 2. The van der Waals surface area contributed by atoms with Gasteiger partial charge < -0.3 is 4.52 Å². The van der Waals surface area contributed by atoms with E-state index < -0.39 is 10.0 Å². The minimum absolute atomic E-state index is 0.184.